The highest BCUT2D eigenvalue weighted by atomic mass is 79.9. The summed E-state index contributed by atoms with van der Waals surface area (Å²) < 4.78 is 25.7. The molecule has 0 saturated heterocycles. The van der Waals surface area contributed by atoms with Crippen molar-refractivity contribution >= 4 is 15.9 Å². The molecule has 84 valence electrons. The maximum Gasteiger partial charge on any atom is 0.159 e. The molecule has 0 aliphatic heterocycles. The highest BCUT2D eigenvalue weighted by Gasteiger charge is 2.21. The first-order valence-electron chi connectivity index (χ1n) is 5.00. The number of hydrogen-bond acceptors (Lipinski definition) is 0. The van der Waals surface area contributed by atoms with Crippen LogP contribution in [0.1, 0.15) is 25.8 Å². The van der Waals surface area contributed by atoms with Crippen LogP contribution in [0, 0.1) is 17.0 Å². The molecule has 1 aromatic rings. The van der Waals surface area contributed by atoms with E-state index >= 15 is 0 Å². The fourth-order valence-corrected chi connectivity index (χ4v) is 2.00. The lowest BCUT2D eigenvalue weighted by molar-refractivity contribution is 0.360. The molecule has 0 radical (unpaired) electrons. The number of benzene rings is 1. The predicted octanol–water partition coefficient (Wildman–Crippen LogP) is 4.32. The Balaban J connectivity index is 2.85. The van der Waals surface area contributed by atoms with Crippen LogP contribution >= 0.6 is 15.9 Å². The van der Waals surface area contributed by atoms with Gasteiger partial charge in [0.15, 0.2) is 11.6 Å². The van der Waals surface area contributed by atoms with Crippen LogP contribution in [0.3, 0.4) is 0 Å². The molecule has 1 rings (SSSR count). The summed E-state index contributed by atoms with van der Waals surface area (Å²) >= 11 is 3.45. The molecule has 3 heteroatoms. The van der Waals surface area contributed by atoms with E-state index in [1.54, 1.807) is 6.07 Å². The first-order valence-corrected chi connectivity index (χ1v) is 6.13. The Morgan fingerprint density at radius 1 is 1.27 bits per heavy atom. The van der Waals surface area contributed by atoms with Crippen LogP contribution in [0.15, 0.2) is 18.2 Å². The van der Waals surface area contributed by atoms with Crippen molar-refractivity contribution in [3.63, 3.8) is 0 Å². The largest absolute Gasteiger partial charge is 0.204 e. The average molecular weight is 277 g/mol. The minimum atomic E-state index is -0.782. The third kappa shape index (κ3) is 3.26. The molecule has 0 spiro atoms. The standard InChI is InChI=1S/C12H15BrF2/c1-3-12(2,8-13)7-9-4-5-10(14)11(15)6-9/h4-6H,3,7-8H2,1-2H3. The number of alkyl halides is 1. The molecule has 0 fully saturated rings. The van der Waals surface area contributed by atoms with Gasteiger partial charge in [0.05, 0.1) is 0 Å². The highest BCUT2D eigenvalue weighted by Crippen LogP contribution is 2.29. The van der Waals surface area contributed by atoms with Crippen molar-refractivity contribution in [1.29, 1.82) is 0 Å². The van der Waals surface area contributed by atoms with E-state index in [0.29, 0.717) is 0 Å². The van der Waals surface area contributed by atoms with E-state index in [1.165, 1.54) is 12.1 Å². The predicted molar refractivity (Wildman–Crippen MR) is 62.3 cm³/mol. The van der Waals surface area contributed by atoms with Crippen LogP contribution in [0.4, 0.5) is 8.78 Å². The van der Waals surface area contributed by atoms with Gasteiger partial charge in [-0.05, 0) is 36.0 Å². The van der Waals surface area contributed by atoms with Gasteiger partial charge >= 0.3 is 0 Å². The first-order chi connectivity index (χ1) is 7.00. The highest BCUT2D eigenvalue weighted by molar-refractivity contribution is 9.09. The Hall–Kier alpha value is -0.440. The van der Waals surface area contributed by atoms with E-state index in [1.807, 2.05) is 0 Å². The van der Waals surface area contributed by atoms with Gasteiger partial charge in [0.2, 0.25) is 0 Å². The van der Waals surface area contributed by atoms with Crippen LogP contribution in [0.25, 0.3) is 0 Å². The van der Waals surface area contributed by atoms with E-state index in [2.05, 4.69) is 29.8 Å². The summed E-state index contributed by atoms with van der Waals surface area (Å²) in [6.07, 6.45) is 1.75. The molecule has 1 atom stereocenters. The number of halogens is 3. The van der Waals surface area contributed by atoms with Crippen LogP contribution in [-0.4, -0.2) is 5.33 Å². The number of hydrogen-bond donors (Lipinski definition) is 0. The summed E-state index contributed by atoms with van der Waals surface area (Å²) in [6, 6.07) is 4.12. The van der Waals surface area contributed by atoms with Gasteiger partial charge in [-0.25, -0.2) is 8.78 Å². The van der Waals surface area contributed by atoms with Crippen molar-refractivity contribution in [2.24, 2.45) is 5.41 Å². The fourth-order valence-electron chi connectivity index (χ4n) is 1.41. The normalized spacial score (nSPS) is 15.0. The van der Waals surface area contributed by atoms with E-state index in [9.17, 15) is 8.78 Å². The molecule has 1 aromatic carbocycles. The van der Waals surface area contributed by atoms with Gasteiger partial charge in [-0.1, -0.05) is 35.8 Å². The molecule has 0 N–H and O–H groups in total. The SMILES string of the molecule is CCC(C)(CBr)Cc1ccc(F)c(F)c1. The molecule has 0 nitrogen and oxygen atoms in total. The Morgan fingerprint density at radius 3 is 2.40 bits per heavy atom. The molecule has 0 aliphatic rings. The third-order valence-electron chi connectivity index (χ3n) is 2.79. The molecule has 15 heavy (non-hydrogen) atoms. The quantitative estimate of drug-likeness (QED) is 0.719. The maximum atomic E-state index is 13.0. The molecule has 0 saturated carbocycles. The lowest BCUT2D eigenvalue weighted by Gasteiger charge is -2.25. The van der Waals surface area contributed by atoms with Gasteiger partial charge < -0.3 is 0 Å². The van der Waals surface area contributed by atoms with E-state index < -0.39 is 11.6 Å². The van der Waals surface area contributed by atoms with E-state index in [0.717, 1.165) is 23.7 Å². The lowest BCUT2D eigenvalue weighted by Crippen LogP contribution is -2.20. The topological polar surface area (TPSA) is 0 Å². The van der Waals surface area contributed by atoms with Gasteiger partial charge in [0.25, 0.3) is 0 Å². The van der Waals surface area contributed by atoms with Crippen molar-refractivity contribution in [1.82, 2.24) is 0 Å². The van der Waals surface area contributed by atoms with Crippen LogP contribution < -0.4 is 0 Å². The minimum Gasteiger partial charge on any atom is -0.204 e. The minimum absolute atomic E-state index is 0.101. The Labute approximate surface area is 97.8 Å². The van der Waals surface area contributed by atoms with Gasteiger partial charge in [0.1, 0.15) is 0 Å². The van der Waals surface area contributed by atoms with Crippen LogP contribution in [0.2, 0.25) is 0 Å². The lowest BCUT2D eigenvalue weighted by atomic mass is 9.83. The van der Waals surface area contributed by atoms with Crippen LogP contribution in [-0.2, 0) is 6.42 Å². The monoisotopic (exact) mass is 276 g/mol. The zero-order valence-electron chi connectivity index (χ0n) is 8.99. The molecular weight excluding hydrogens is 262 g/mol. The summed E-state index contributed by atoms with van der Waals surface area (Å²) in [4.78, 5) is 0. The summed E-state index contributed by atoms with van der Waals surface area (Å²) in [6.45, 7) is 4.23. The average Bonchev–Trinajstić information content (AvgIpc) is 2.23. The molecular formula is C12H15BrF2. The molecule has 0 bridgehead atoms. The van der Waals surface area contributed by atoms with E-state index in [-0.39, 0.29) is 5.41 Å². The molecule has 0 amide bonds. The second-order valence-corrected chi connectivity index (χ2v) is 4.78. The van der Waals surface area contributed by atoms with Crippen molar-refractivity contribution in [3.05, 3.63) is 35.4 Å². The second kappa shape index (κ2) is 5.06. The smallest absolute Gasteiger partial charge is 0.159 e. The van der Waals surface area contributed by atoms with Crippen molar-refractivity contribution in [2.75, 3.05) is 5.33 Å². The van der Waals surface area contributed by atoms with Gasteiger partial charge in [0, 0.05) is 5.33 Å². The molecule has 0 aromatic heterocycles. The van der Waals surface area contributed by atoms with E-state index in [4.69, 9.17) is 0 Å². The van der Waals surface area contributed by atoms with Crippen LogP contribution in [0.5, 0.6) is 0 Å². The first kappa shape index (κ1) is 12.6. The Bertz CT molecular complexity index is 332. The molecule has 0 heterocycles. The van der Waals surface area contributed by atoms with Gasteiger partial charge in [-0.2, -0.15) is 0 Å². The molecule has 1 unspecified atom stereocenters. The van der Waals surface area contributed by atoms with Crippen molar-refractivity contribution in [3.8, 4) is 0 Å². The zero-order chi connectivity index (χ0) is 11.5. The Kier molecular flexibility index (Phi) is 4.26. The number of rotatable bonds is 4. The van der Waals surface area contributed by atoms with Crippen molar-refractivity contribution < 1.29 is 8.78 Å². The van der Waals surface area contributed by atoms with Gasteiger partial charge in [-0.3, -0.25) is 0 Å². The summed E-state index contributed by atoms with van der Waals surface area (Å²) in [5.41, 5.74) is 0.947. The third-order valence-corrected chi connectivity index (χ3v) is 4.14. The summed E-state index contributed by atoms with van der Waals surface area (Å²) in [5.74, 6) is -1.55. The fraction of sp³-hybridized carbons (Fsp3) is 0.500. The summed E-state index contributed by atoms with van der Waals surface area (Å²) in [7, 11) is 0. The molecule has 0 aliphatic carbocycles. The van der Waals surface area contributed by atoms with Gasteiger partial charge in [-0.15, -0.1) is 0 Å². The maximum absolute atomic E-state index is 13.0. The Morgan fingerprint density at radius 2 is 1.93 bits per heavy atom. The summed E-state index contributed by atoms with van der Waals surface area (Å²) in [5, 5.41) is 0.857. The van der Waals surface area contributed by atoms with Crippen molar-refractivity contribution in [2.45, 2.75) is 26.7 Å². The second-order valence-electron chi connectivity index (χ2n) is 4.22. The zero-order valence-corrected chi connectivity index (χ0v) is 10.6.